The Labute approximate surface area is 130 Å². The van der Waals surface area contributed by atoms with Crippen LogP contribution in [0.5, 0.6) is 5.88 Å². The number of piperidine rings is 1. The van der Waals surface area contributed by atoms with E-state index in [0.717, 1.165) is 18.7 Å². The number of carboxylic acid groups (broad SMARTS) is 1. The highest BCUT2D eigenvalue weighted by atomic mass is 16.5. The highest BCUT2D eigenvalue weighted by Crippen LogP contribution is 2.25. The van der Waals surface area contributed by atoms with Crippen molar-refractivity contribution in [2.24, 2.45) is 5.92 Å². The van der Waals surface area contributed by atoms with E-state index in [1.54, 1.807) is 12.4 Å². The van der Waals surface area contributed by atoms with Crippen molar-refractivity contribution < 1.29 is 14.6 Å². The average Bonchev–Trinajstić information content (AvgIpc) is 2.56. The fourth-order valence-electron chi connectivity index (χ4n) is 3.26. The van der Waals surface area contributed by atoms with Crippen LogP contribution in [0.2, 0.25) is 0 Å². The molecule has 6 nitrogen and oxygen atoms in total. The number of carbonyl (C=O) groups is 1. The first-order valence-electron chi connectivity index (χ1n) is 8.19. The molecule has 0 spiro atoms. The number of aromatic nitrogens is 2. The average molecular weight is 305 g/mol. The molecular weight excluding hydrogens is 282 g/mol. The van der Waals surface area contributed by atoms with Gasteiger partial charge in [-0.3, -0.25) is 9.78 Å². The molecule has 0 amide bonds. The van der Waals surface area contributed by atoms with Crippen LogP contribution in [-0.2, 0) is 4.79 Å². The summed E-state index contributed by atoms with van der Waals surface area (Å²) in [6.07, 6.45) is 10.9. The summed E-state index contributed by atoms with van der Waals surface area (Å²) in [4.78, 5) is 21.9. The zero-order chi connectivity index (χ0) is 15.4. The van der Waals surface area contributed by atoms with Crippen LogP contribution in [0, 0.1) is 5.92 Å². The first kappa shape index (κ1) is 15.1. The van der Waals surface area contributed by atoms with E-state index < -0.39 is 5.97 Å². The molecule has 6 heteroatoms. The van der Waals surface area contributed by atoms with Crippen LogP contribution in [0.3, 0.4) is 0 Å². The van der Waals surface area contributed by atoms with Gasteiger partial charge in [-0.15, -0.1) is 0 Å². The van der Waals surface area contributed by atoms with Gasteiger partial charge in [0.25, 0.3) is 0 Å². The Kier molecular flexibility index (Phi) is 4.75. The maximum absolute atomic E-state index is 11.0. The maximum Gasteiger partial charge on any atom is 0.306 e. The Morgan fingerprint density at radius 3 is 2.55 bits per heavy atom. The minimum atomic E-state index is -0.694. The summed E-state index contributed by atoms with van der Waals surface area (Å²) in [5.74, 6) is 0.452. The lowest BCUT2D eigenvalue weighted by atomic mass is 9.97. The molecule has 0 aromatic carbocycles. The van der Waals surface area contributed by atoms with Crippen molar-refractivity contribution in [1.82, 2.24) is 9.97 Å². The molecule has 1 aromatic rings. The highest BCUT2D eigenvalue weighted by molar-refractivity contribution is 5.70. The monoisotopic (exact) mass is 305 g/mol. The molecule has 0 unspecified atom stereocenters. The quantitative estimate of drug-likeness (QED) is 0.921. The minimum Gasteiger partial charge on any atom is -0.481 e. The summed E-state index contributed by atoms with van der Waals surface area (Å²) in [6, 6.07) is 0. The van der Waals surface area contributed by atoms with Gasteiger partial charge in [0.2, 0.25) is 5.88 Å². The lowest BCUT2D eigenvalue weighted by Gasteiger charge is -2.31. The number of ether oxygens (including phenoxy) is 1. The molecule has 0 bridgehead atoms. The van der Waals surface area contributed by atoms with Gasteiger partial charge in [-0.05, 0) is 38.5 Å². The van der Waals surface area contributed by atoms with E-state index in [1.165, 1.54) is 19.3 Å². The van der Waals surface area contributed by atoms with Gasteiger partial charge in [-0.2, -0.15) is 4.98 Å². The standard InChI is InChI=1S/C16H23N3O3/c20-16(21)12-6-8-19(9-7-12)14-10-17-11-15(18-14)22-13-4-2-1-3-5-13/h10-13H,1-9H2,(H,20,21). The third-order valence-electron chi connectivity index (χ3n) is 4.61. The largest absolute Gasteiger partial charge is 0.481 e. The van der Waals surface area contributed by atoms with Crippen LogP contribution in [0.25, 0.3) is 0 Å². The maximum atomic E-state index is 11.0. The number of hydrogen-bond acceptors (Lipinski definition) is 5. The van der Waals surface area contributed by atoms with E-state index in [1.807, 2.05) is 0 Å². The van der Waals surface area contributed by atoms with Crippen molar-refractivity contribution in [2.75, 3.05) is 18.0 Å². The van der Waals surface area contributed by atoms with Crippen molar-refractivity contribution in [1.29, 1.82) is 0 Å². The fourth-order valence-corrected chi connectivity index (χ4v) is 3.26. The second kappa shape index (κ2) is 6.94. The van der Waals surface area contributed by atoms with Crippen LogP contribution >= 0.6 is 0 Å². The van der Waals surface area contributed by atoms with Crippen LogP contribution in [0.15, 0.2) is 12.4 Å². The molecule has 1 aliphatic carbocycles. The Bertz CT molecular complexity index is 509. The summed E-state index contributed by atoms with van der Waals surface area (Å²) in [5.41, 5.74) is 0. The van der Waals surface area contributed by atoms with Gasteiger partial charge < -0.3 is 14.7 Å². The zero-order valence-electron chi connectivity index (χ0n) is 12.8. The van der Waals surface area contributed by atoms with Gasteiger partial charge in [0.1, 0.15) is 6.10 Å². The molecule has 0 radical (unpaired) electrons. The van der Waals surface area contributed by atoms with Gasteiger partial charge in [0.05, 0.1) is 18.3 Å². The van der Waals surface area contributed by atoms with E-state index in [9.17, 15) is 4.79 Å². The Hall–Kier alpha value is -1.85. The smallest absolute Gasteiger partial charge is 0.306 e. The molecule has 1 saturated carbocycles. The summed E-state index contributed by atoms with van der Waals surface area (Å²) in [6.45, 7) is 1.41. The molecular formula is C16H23N3O3. The van der Waals surface area contributed by atoms with Gasteiger partial charge in [0.15, 0.2) is 5.82 Å². The summed E-state index contributed by atoms with van der Waals surface area (Å²) < 4.78 is 5.95. The first-order chi connectivity index (χ1) is 10.7. The van der Waals surface area contributed by atoms with E-state index in [0.29, 0.717) is 31.8 Å². The molecule has 1 aliphatic heterocycles. The molecule has 2 heterocycles. The summed E-state index contributed by atoms with van der Waals surface area (Å²) in [5, 5.41) is 9.05. The van der Waals surface area contributed by atoms with Crippen molar-refractivity contribution >= 4 is 11.8 Å². The van der Waals surface area contributed by atoms with Crippen molar-refractivity contribution in [2.45, 2.75) is 51.0 Å². The van der Waals surface area contributed by atoms with Crippen LogP contribution in [-0.4, -0.2) is 40.2 Å². The van der Waals surface area contributed by atoms with Gasteiger partial charge >= 0.3 is 5.97 Å². The predicted molar refractivity (Wildman–Crippen MR) is 82.1 cm³/mol. The Morgan fingerprint density at radius 1 is 1.14 bits per heavy atom. The fraction of sp³-hybridized carbons (Fsp3) is 0.688. The predicted octanol–water partition coefficient (Wildman–Crippen LogP) is 2.49. The van der Waals surface area contributed by atoms with Crippen molar-refractivity contribution in [3.8, 4) is 5.88 Å². The van der Waals surface area contributed by atoms with Crippen molar-refractivity contribution in [3.63, 3.8) is 0 Å². The Morgan fingerprint density at radius 2 is 1.86 bits per heavy atom. The summed E-state index contributed by atoms with van der Waals surface area (Å²) in [7, 11) is 0. The molecule has 1 N–H and O–H groups in total. The molecule has 120 valence electrons. The molecule has 0 atom stereocenters. The SMILES string of the molecule is O=C(O)C1CCN(c2cncc(OC3CCCCC3)n2)CC1. The third-order valence-corrected chi connectivity index (χ3v) is 4.61. The molecule has 22 heavy (non-hydrogen) atoms. The number of aliphatic carboxylic acids is 1. The van der Waals surface area contributed by atoms with Crippen LogP contribution in [0.1, 0.15) is 44.9 Å². The third kappa shape index (κ3) is 3.67. The molecule has 2 aliphatic rings. The molecule has 1 aromatic heterocycles. The lowest BCUT2D eigenvalue weighted by Crippen LogP contribution is -2.36. The van der Waals surface area contributed by atoms with E-state index in [4.69, 9.17) is 9.84 Å². The van der Waals surface area contributed by atoms with Gasteiger partial charge in [-0.1, -0.05) is 6.42 Å². The van der Waals surface area contributed by atoms with Gasteiger partial charge in [0, 0.05) is 13.1 Å². The first-order valence-corrected chi connectivity index (χ1v) is 8.19. The van der Waals surface area contributed by atoms with E-state index in [-0.39, 0.29) is 12.0 Å². The number of hydrogen-bond donors (Lipinski definition) is 1. The van der Waals surface area contributed by atoms with Gasteiger partial charge in [-0.25, -0.2) is 0 Å². The second-order valence-corrected chi connectivity index (χ2v) is 6.19. The Balaban J connectivity index is 1.60. The summed E-state index contributed by atoms with van der Waals surface area (Å²) >= 11 is 0. The topological polar surface area (TPSA) is 75.5 Å². The number of carboxylic acids is 1. The van der Waals surface area contributed by atoms with Crippen LogP contribution < -0.4 is 9.64 Å². The number of nitrogens with zero attached hydrogens (tertiary/aromatic N) is 3. The molecule has 1 saturated heterocycles. The number of rotatable bonds is 4. The normalized spacial score (nSPS) is 20.8. The molecule has 2 fully saturated rings. The zero-order valence-corrected chi connectivity index (χ0v) is 12.8. The highest BCUT2D eigenvalue weighted by Gasteiger charge is 2.25. The van der Waals surface area contributed by atoms with E-state index >= 15 is 0 Å². The lowest BCUT2D eigenvalue weighted by molar-refractivity contribution is -0.142. The minimum absolute atomic E-state index is 0.231. The number of anilines is 1. The molecule has 3 rings (SSSR count). The van der Waals surface area contributed by atoms with Crippen LogP contribution in [0.4, 0.5) is 5.82 Å². The van der Waals surface area contributed by atoms with E-state index in [2.05, 4.69) is 14.9 Å². The van der Waals surface area contributed by atoms with Crippen molar-refractivity contribution in [3.05, 3.63) is 12.4 Å². The second-order valence-electron chi connectivity index (χ2n) is 6.19.